The maximum atomic E-state index is 6.01. The Morgan fingerprint density at radius 1 is 1.07 bits per heavy atom. The van der Waals surface area contributed by atoms with Crippen molar-refractivity contribution in [3.05, 3.63) is 0 Å². The number of hydrogen-bond donors (Lipinski definition) is 0. The summed E-state index contributed by atoms with van der Waals surface area (Å²) in [7, 11) is 0. The SMILES string of the molecule is CC1(C)CCC(OC2CC(Cl)C2)CC1. The lowest BCUT2D eigenvalue weighted by atomic mass is 9.76. The monoisotopic (exact) mass is 216 g/mol. The van der Waals surface area contributed by atoms with Crippen molar-refractivity contribution in [1.82, 2.24) is 0 Å². The minimum Gasteiger partial charge on any atom is -0.375 e. The van der Waals surface area contributed by atoms with Crippen molar-refractivity contribution < 1.29 is 4.74 Å². The summed E-state index contributed by atoms with van der Waals surface area (Å²) in [6.45, 7) is 4.72. The number of hydrogen-bond acceptors (Lipinski definition) is 1. The Labute approximate surface area is 92.2 Å². The number of halogens is 1. The maximum absolute atomic E-state index is 6.01. The molecule has 2 aliphatic carbocycles. The minimum absolute atomic E-state index is 0.389. The normalized spacial score (nSPS) is 37.9. The van der Waals surface area contributed by atoms with Gasteiger partial charge in [-0.1, -0.05) is 13.8 Å². The first-order chi connectivity index (χ1) is 6.55. The van der Waals surface area contributed by atoms with Gasteiger partial charge in [-0.05, 0) is 43.9 Å². The van der Waals surface area contributed by atoms with Crippen LogP contribution in [0.1, 0.15) is 52.4 Å². The van der Waals surface area contributed by atoms with Crippen molar-refractivity contribution in [1.29, 1.82) is 0 Å². The second kappa shape index (κ2) is 4.02. The van der Waals surface area contributed by atoms with Crippen LogP contribution in [-0.2, 0) is 4.74 Å². The van der Waals surface area contributed by atoms with Crippen LogP contribution in [0.3, 0.4) is 0 Å². The Morgan fingerprint density at radius 3 is 2.14 bits per heavy atom. The molecule has 2 saturated carbocycles. The maximum Gasteiger partial charge on any atom is 0.0607 e. The van der Waals surface area contributed by atoms with Crippen LogP contribution in [0.4, 0.5) is 0 Å². The summed E-state index contributed by atoms with van der Waals surface area (Å²) in [5, 5.41) is 0.389. The first kappa shape index (κ1) is 10.8. The minimum atomic E-state index is 0.389. The lowest BCUT2D eigenvalue weighted by Gasteiger charge is -2.39. The molecule has 14 heavy (non-hydrogen) atoms. The molecule has 0 aromatic rings. The molecule has 0 aromatic carbocycles. The molecule has 0 atom stereocenters. The third-order valence-corrected chi connectivity index (χ3v) is 4.06. The van der Waals surface area contributed by atoms with E-state index in [0.717, 1.165) is 12.8 Å². The molecule has 0 radical (unpaired) electrons. The van der Waals surface area contributed by atoms with E-state index in [2.05, 4.69) is 13.8 Å². The highest BCUT2D eigenvalue weighted by Gasteiger charge is 2.33. The lowest BCUT2D eigenvalue weighted by Crippen LogP contribution is -2.37. The average Bonchev–Trinajstić information content (AvgIpc) is 2.06. The summed E-state index contributed by atoms with van der Waals surface area (Å²) >= 11 is 5.93. The van der Waals surface area contributed by atoms with Crippen molar-refractivity contribution in [2.75, 3.05) is 0 Å². The number of ether oxygens (including phenoxy) is 1. The average molecular weight is 217 g/mol. The van der Waals surface area contributed by atoms with E-state index in [9.17, 15) is 0 Å². The van der Waals surface area contributed by atoms with Gasteiger partial charge in [0.25, 0.3) is 0 Å². The zero-order valence-electron chi connectivity index (χ0n) is 9.26. The highest BCUT2D eigenvalue weighted by atomic mass is 35.5. The van der Waals surface area contributed by atoms with Crippen LogP contribution in [0, 0.1) is 5.41 Å². The van der Waals surface area contributed by atoms with Gasteiger partial charge in [0.1, 0.15) is 0 Å². The summed E-state index contributed by atoms with van der Waals surface area (Å²) in [5.41, 5.74) is 0.550. The molecule has 0 saturated heterocycles. The van der Waals surface area contributed by atoms with E-state index in [1.54, 1.807) is 0 Å². The molecule has 2 heteroatoms. The second-order valence-corrected chi connectivity index (χ2v) is 6.31. The predicted octanol–water partition coefficient (Wildman–Crippen LogP) is 3.74. The van der Waals surface area contributed by atoms with Crippen molar-refractivity contribution in [3.8, 4) is 0 Å². The van der Waals surface area contributed by atoms with Crippen LogP contribution in [-0.4, -0.2) is 17.6 Å². The molecule has 0 unspecified atom stereocenters. The van der Waals surface area contributed by atoms with E-state index >= 15 is 0 Å². The summed E-state index contributed by atoms with van der Waals surface area (Å²) in [6, 6.07) is 0. The standard InChI is InChI=1S/C12H21ClO/c1-12(2)5-3-10(4-6-12)14-11-7-9(13)8-11/h9-11H,3-8H2,1-2H3. The molecule has 2 fully saturated rings. The summed E-state index contributed by atoms with van der Waals surface area (Å²) < 4.78 is 6.01. The molecule has 1 nitrogen and oxygen atoms in total. The molecule has 0 amide bonds. The molecule has 82 valence electrons. The van der Waals surface area contributed by atoms with Gasteiger partial charge in [-0.2, -0.15) is 0 Å². The van der Waals surface area contributed by atoms with Crippen molar-refractivity contribution in [2.45, 2.75) is 70.0 Å². The van der Waals surface area contributed by atoms with Crippen molar-refractivity contribution in [2.24, 2.45) is 5.41 Å². The van der Waals surface area contributed by atoms with Crippen molar-refractivity contribution in [3.63, 3.8) is 0 Å². The molecule has 2 aliphatic rings. The van der Waals surface area contributed by atoms with E-state index < -0.39 is 0 Å². The number of rotatable bonds is 2. The van der Waals surface area contributed by atoms with Gasteiger partial charge < -0.3 is 4.74 Å². The fourth-order valence-corrected chi connectivity index (χ4v) is 2.79. The van der Waals surface area contributed by atoms with Gasteiger partial charge in [0.15, 0.2) is 0 Å². The van der Waals surface area contributed by atoms with E-state index in [-0.39, 0.29) is 0 Å². The molecular weight excluding hydrogens is 196 g/mol. The lowest BCUT2D eigenvalue weighted by molar-refractivity contribution is -0.0742. The third-order valence-electron chi connectivity index (χ3n) is 3.71. The predicted molar refractivity (Wildman–Crippen MR) is 59.8 cm³/mol. The van der Waals surface area contributed by atoms with Crippen LogP contribution in [0.2, 0.25) is 0 Å². The van der Waals surface area contributed by atoms with Gasteiger partial charge in [-0.3, -0.25) is 0 Å². The molecule has 0 bridgehead atoms. The van der Waals surface area contributed by atoms with Gasteiger partial charge in [-0.15, -0.1) is 11.6 Å². The van der Waals surface area contributed by atoms with Crippen LogP contribution in [0.5, 0.6) is 0 Å². The van der Waals surface area contributed by atoms with Gasteiger partial charge in [0, 0.05) is 5.38 Å². The smallest absolute Gasteiger partial charge is 0.0607 e. The fourth-order valence-electron chi connectivity index (χ4n) is 2.39. The third kappa shape index (κ3) is 2.64. The summed E-state index contributed by atoms with van der Waals surface area (Å²) in [6.07, 6.45) is 8.26. The zero-order chi connectivity index (χ0) is 10.2. The van der Waals surface area contributed by atoms with Gasteiger partial charge in [-0.25, -0.2) is 0 Å². The zero-order valence-corrected chi connectivity index (χ0v) is 10.0. The largest absolute Gasteiger partial charge is 0.375 e. The summed E-state index contributed by atoms with van der Waals surface area (Å²) in [5.74, 6) is 0. The van der Waals surface area contributed by atoms with E-state index in [1.165, 1.54) is 25.7 Å². The van der Waals surface area contributed by atoms with Crippen molar-refractivity contribution >= 4 is 11.6 Å². The van der Waals surface area contributed by atoms with Crippen LogP contribution < -0.4 is 0 Å². The van der Waals surface area contributed by atoms with Crippen LogP contribution >= 0.6 is 11.6 Å². The highest BCUT2D eigenvalue weighted by molar-refractivity contribution is 6.21. The highest BCUT2D eigenvalue weighted by Crippen LogP contribution is 2.38. The quantitative estimate of drug-likeness (QED) is 0.639. The Morgan fingerprint density at radius 2 is 1.64 bits per heavy atom. The van der Waals surface area contributed by atoms with Gasteiger partial charge in [0.2, 0.25) is 0 Å². The van der Waals surface area contributed by atoms with E-state index in [0.29, 0.717) is 23.0 Å². The number of alkyl halides is 1. The molecule has 0 N–H and O–H groups in total. The van der Waals surface area contributed by atoms with Gasteiger partial charge >= 0.3 is 0 Å². The van der Waals surface area contributed by atoms with E-state index in [1.807, 2.05) is 0 Å². The summed E-state index contributed by atoms with van der Waals surface area (Å²) in [4.78, 5) is 0. The van der Waals surface area contributed by atoms with E-state index in [4.69, 9.17) is 16.3 Å². The molecule has 0 spiro atoms. The molecule has 0 heterocycles. The Kier molecular flexibility index (Phi) is 3.09. The Hall–Kier alpha value is 0.250. The van der Waals surface area contributed by atoms with Gasteiger partial charge in [0.05, 0.1) is 12.2 Å². The fraction of sp³-hybridized carbons (Fsp3) is 1.00. The Bertz CT molecular complexity index is 186. The molecule has 0 aliphatic heterocycles. The van der Waals surface area contributed by atoms with Crippen LogP contribution in [0.15, 0.2) is 0 Å². The van der Waals surface area contributed by atoms with Crippen LogP contribution in [0.25, 0.3) is 0 Å². The molecule has 0 aromatic heterocycles. The molecule has 2 rings (SSSR count). The topological polar surface area (TPSA) is 9.23 Å². The second-order valence-electron chi connectivity index (χ2n) is 5.69. The molecular formula is C12H21ClO. The first-order valence-corrected chi connectivity index (χ1v) is 6.28. The first-order valence-electron chi connectivity index (χ1n) is 5.85. The Balaban J connectivity index is 1.69.